The van der Waals surface area contributed by atoms with E-state index in [9.17, 15) is 8.42 Å². The first-order valence-corrected chi connectivity index (χ1v) is 8.72. The van der Waals surface area contributed by atoms with Crippen LogP contribution in [-0.4, -0.2) is 22.6 Å². The molecule has 0 heterocycles. The van der Waals surface area contributed by atoms with E-state index in [1.807, 2.05) is 0 Å². The normalized spacial score (nSPS) is 11.1. The molecule has 2 rings (SSSR count). The van der Waals surface area contributed by atoms with Crippen molar-refractivity contribution in [3.63, 3.8) is 0 Å². The van der Waals surface area contributed by atoms with E-state index in [0.717, 1.165) is 0 Å². The molecule has 0 radical (unpaired) electrons. The summed E-state index contributed by atoms with van der Waals surface area (Å²) in [5, 5.41) is 0.273. The number of anilines is 1. The Morgan fingerprint density at radius 1 is 1.09 bits per heavy atom. The molecular weight excluding hydrogens is 394 g/mol. The van der Waals surface area contributed by atoms with Gasteiger partial charge in [0, 0.05) is 10.5 Å². The molecule has 0 aliphatic carbocycles. The van der Waals surface area contributed by atoms with E-state index < -0.39 is 10.0 Å². The molecule has 0 aliphatic rings. The van der Waals surface area contributed by atoms with Crippen molar-refractivity contribution in [1.82, 2.24) is 0 Å². The van der Waals surface area contributed by atoms with Crippen molar-refractivity contribution in [3.05, 3.63) is 45.9 Å². The monoisotopic (exact) mass is 405 g/mol. The molecule has 1 N–H and O–H groups in total. The highest BCUT2D eigenvalue weighted by Crippen LogP contribution is 2.37. The van der Waals surface area contributed by atoms with Crippen LogP contribution in [0, 0.1) is 0 Å². The standard InChI is InChI=1S/C14H13BrClNO4S/c1-20-13-8-14(21-2)12(7-11(13)16)17-22(18,19)10-5-3-4-9(15)6-10/h3-8,17H,1-2H3. The molecule has 8 heteroatoms. The molecule has 0 saturated carbocycles. The number of ether oxygens (including phenoxy) is 2. The highest BCUT2D eigenvalue weighted by Gasteiger charge is 2.18. The molecule has 118 valence electrons. The predicted molar refractivity (Wildman–Crippen MR) is 89.5 cm³/mol. The van der Waals surface area contributed by atoms with Gasteiger partial charge in [-0.2, -0.15) is 0 Å². The van der Waals surface area contributed by atoms with Crippen LogP contribution in [0.2, 0.25) is 5.02 Å². The van der Waals surface area contributed by atoms with Gasteiger partial charge in [0.1, 0.15) is 11.5 Å². The molecule has 0 unspecified atom stereocenters. The van der Waals surface area contributed by atoms with E-state index in [1.54, 1.807) is 12.1 Å². The molecular formula is C14H13BrClNO4S. The van der Waals surface area contributed by atoms with Crippen molar-refractivity contribution in [3.8, 4) is 11.5 Å². The first-order chi connectivity index (χ1) is 10.4. The van der Waals surface area contributed by atoms with Crippen LogP contribution in [0.15, 0.2) is 45.8 Å². The molecule has 0 aromatic heterocycles. The molecule has 0 aliphatic heterocycles. The van der Waals surface area contributed by atoms with Gasteiger partial charge in [0.2, 0.25) is 0 Å². The lowest BCUT2D eigenvalue weighted by Gasteiger charge is -2.14. The number of hydrogen-bond donors (Lipinski definition) is 1. The van der Waals surface area contributed by atoms with E-state index in [4.69, 9.17) is 21.1 Å². The van der Waals surface area contributed by atoms with E-state index >= 15 is 0 Å². The van der Waals surface area contributed by atoms with E-state index in [1.165, 1.54) is 38.5 Å². The topological polar surface area (TPSA) is 64.6 Å². The number of nitrogens with one attached hydrogen (secondary N) is 1. The second kappa shape index (κ2) is 6.76. The Morgan fingerprint density at radius 2 is 1.77 bits per heavy atom. The smallest absolute Gasteiger partial charge is 0.262 e. The molecule has 0 atom stereocenters. The summed E-state index contributed by atoms with van der Waals surface area (Å²) in [5.41, 5.74) is 0.230. The third-order valence-corrected chi connectivity index (χ3v) is 4.98. The molecule has 0 fully saturated rings. The Kier molecular flexibility index (Phi) is 5.20. The molecule has 0 saturated heterocycles. The summed E-state index contributed by atoms with van der Waals surface area (Å²) in [5.74, 6) is 0.698. The van der Waals surface area contributed by atoms with Crippen molar-refractivity contribution in [1.29, 1.82) is 0 Å². The summed E-state index contributed by atoms with van der Waals surface area (Å²) >= 11 is 9.28. The van der Waals surface area contributed by atoms with Gasteiger partial charge in [0.15, 0.2) is 0 Å². The Bertz CT molecular complexity index is 795. The average Bonchev–Trinajstić information content (AvgIpc) is 2.47. The van der Waals surface area contributed by atoms with E-state index in [0.29, 0.717) is 16.0 Å². The number of hydrogen-bond acceptors (Lipinski definition) is 4. The SMILES string of the molecule is COc1cc(OC)c(NS(=O)(=O)c2cccc(Br)c2)cc1Cl. The molecule has 0 spiro atoms. The van der Waals surface area contributed by atoms with Crippen molar-refractivity contribution in [2.24, 2.45) is 0 Å². The van der Waals surface area contributed by atoms with Gasteiger partial charge >= 0.3 is 0 Å². The fraction of sp³-hybridized carbons (Fsp3) is 0.143. The third kappa shape index (κ3) is 3.66. The summed E-state index contributed by atoms with van der Waals surface area (Å²) in [6.45, 7) is 0. The van der Waals surface area contributed by atoms with Gasteiger partial charge in [-0.25, -0.2) is 8.42 Å². The molecule has 2 aromatic rings. The van der Waals surface area contributed by atoms with Crippen LogP contribution in [0.3, 0.4) is 0 Å². The summed E-state index contributed by atoms with van der Waals surface area (Å²) in [6, 6.07) is 9.32. The Hall–Kier alpha value is -1.44. The highest BCUT2D eigenvalue weighted by atomic mass is 79.9. The van der Waals surface area contributed by atoms with Crippen LogP contribution in [0.5, 0.6) is 11.5 Å². The number of benzene rings is 2. The number of methoxy groups -OCH3 is 2. The largest absolute Gasteiger partial charge is 0.495 e. The zero-order valence-electron chi connectivity index (χ0n) is 11.8. The minimum Gasteiger partial charge on any atom is -0.495 e. The lowest BCUT2D eigenvalue weighted by Crippen LogP contribution is -2.13. The Morgan fingerprint density at radius 3 is 2.36 bits per heavy atom. The van der Waals surface area contributed by atoms with Crippen LogP contribution >= 0.6 is 27.5 Å². The van der Waals surface area contributed by atoms with Crippen molar-refractivity contribution >= 4 is 43.2 Å². The number of halogens is 2. The predicted octanol–water partition coefficient (Wildman–Crippen LogP) is 3.92. The van der Waals surface area contributed by atoms with Crippen LogP contribution in [-0.2, 0) is 10.0 Å². The Balaban J connectivity index is 2.43. The van der Waals surface area contributed by atoms with Gasteiger partial charge in [-0.15, -0.1) is 0 Å². The minimum atomic E-state index is -3.76. The Labute approximate surface area is 142 Å². The molecule has 2 aromatic carbocycles. The number of rotatable bonds is 5. The van der Waals surface area contributed by atoms with Crippen LogP contribution in [0.4, 0.5) is 5.69 Å². The zero-order valence-corrected chi connectivity index (χ0v) is 14.9. The lowest BCUT2D eigenvalue weighted by atomic mass is 10.3. The van der Waals surface area contributed by atoms with Gasteiger partial charge in [-0.05, 0) is 24.3 Å². The highest BCUT2D eigenvalue weighted by molar-refractivity contribution is 9.10. The second-order valence-corrected chi connectivity index (χ2v) is 7.26. The zero-order chi connectivity index (χ0) is 16.3. The summed E-state index contributed by atoms with van der Waals surface area (Å²) < 4.78 is 38.2. The fourth-order valence-corrected chi connectivity index (χ4v) is 3.68. The molecule has 0 bridgehead atoms. The van der Waals surface area contributed by atoms with Gasteiger partial charge in [0.05, 0.1) is 29.8 Å². The van der Waals surface area contributed by atoms with E-state index in [2.05, 4.69) is 20.7 Å². The van der Waals surface area contributed by atoms with Crippen molar-refractivity contribution < 1.29 is 17.9 Å². The van der Waals surface area contributed by atoms with Gasteiger partial charge in [-0.1, -0.05) is 33.6 Å². The maximum atomic E-state index is 12.4. The summed E-state index contributed by atoms with van der Waals surface area (Å²) in [4.78, 5) is 0.121. The first kappa shape index (κ1) is 16.9. The summed E-state index contributed by atoms with van der Waals surface area (Å²) in [7, 11) is -0.870. The van der Waals surface area contributed by atoms with Gasteiger partial charge < -0.3 is 9.47 Å². The molecule has 5 nitrogen and oxygen atoms in total. The fourth-order valence-electron chi connectivity index (χ4n) is 1.78. The van der Waals surface area contributed by atoms with Gasteiger partial charge in [-0.3, -0.25) is 4.72 Å². The molecule has 0 amide bonds. The summed E-state index contributed by atoms with van der Waals surface area (Å²) in [6.07, 6.45) is 0. The first-order valence-electron chi connectivity index (χ1n) is 6.07. The maximum absolute atomic E-state index is 12.4. The maximum Gasteiger partial charge on any atom is 0.262 e. The quantitative estimate of drug-likeness (QED) is 0.817. The van der Waals surface area contributed by atoms with Crippen LogP contribution in [0.1, 0.15) is 0 Å². The van der Waals surface area contributed by atoms with Crippen molar-refractivity contribution in [2.75, 3.05) is 18.9 Å². The number of sulfonamides is 1. The van der Waals surface area contributed by atoms with Crippen molar-refractivity contribution in [2.45, 2.75) is 4.90 Å². The van der Waals surface area contributed by atoms with Gasteiger partial charge in [0.25, 0.3) is 10.0 Å². The lowest BCUT2D eigenvalue weighted by molar-refractivity contribution is 0.396. The molecule has 22 heavy (non-hydrogen) atoms. The van der Waals surface area contributed by atoms with Crippen LogP contribution < -0.4 is 14.2 Å². The van der Waals surface area contributed by atoms with E-state index in [-0.39, 0.29) is 15.6 Å². The van der Waals surface area contributed by atoms with Crippen LogP contribution in [0.25, 0.3) is 0 Å². The second-order valence-electron chi connectivity index (χ2n) is 4.25. The minimum absolute atomic E-state index is 0.121. The third-order valence-electron chi connectivity index (χ3n) is 2.82. The average molecular weight is 407 g/mol.